The van der Waals surface area contributed by atoms with Crippen LogP contribution < -0.4 is 5.73 Å². The molecule has 0 saturated heterocycles. The van der Waals surface area contributed by atoms with Crippen molar-refractivity contribution < 1.29 is 0 Å². The van der Waals surface area contributed by atoms with Gasteiger partial charge >= 0.3 is 0 Å². The average Bonchev–Trinajstić information content (AvgIpc) is 2.68. The summed E-state index contributed by atoms with van der Waals surface area (Å²) < 4.78 is 2.69. The monoisotopic (exact) mass is 267 g/mol. The molecule has 0 aliphatic rings. The Morgan fingerprint density at radius 2 is 2.00 bits per heavy atom. The van der Waals surface area contributed by atoms with E-state index < -0.39 is 0 Å². The second kappa shape index (κ2) is 4.50. The molecule has 78 valence electrons. The van der Waals surface area contributed by atoms with Gasteiger partial charge in [-0.1, -0.05) is 0 Å². The fourth-order valence-electron chi connectivity index (χ4n) is 1.26. The predicted octanol–water partition coefficient (Wildman–Crippen LogP) is 0.926. The maximum absolute atomic E-state index is 5.49. The van der Waals surface area contributed by atoms with Crippen LogP contribution in [0.2, 0.25) is 0 Å². The van der Waals surface area contributed by atoms with Gasteiger partial charge in [-0.15, -0.1) is 0 Å². The van der Waals surface area contributed by atoms with Crippen LogP contribution in [0.3, 0.4) is 0 Å². The molecule has 0 amide bonds. The first-order valence-corrected chi connectivity index (χ1v) is 5.31. The third-order valence-corrected chi connectivity index (χ3v) is 2.32. The van der Waals surface area contributed by atoms with Gasteiger partial charge in [0.2, 0.25) is 5.95 Å². The van der Waals surface area contributed by atoms with Crippen LogP contribution in [0.25, 0.3) is 5.95 Å². The number of hydrogen-bond donors (Lipinski definition) is 1. The third-order valence-electron chi connectivity index (χ3n) is 1.91. The van der Waals surface area contributed by atoms with E-state index in [2.05, 4.69) is 30.9 Å². The minimum absolute atomic E-state index is 0.563. The van der Waals surface area contributed by atoms with Crippen LogP contribution in [-0.4, -0.2) is 26.1 Å². The molecule has 5 nitrogen and oxygen atoms in total. The minimum atomic E-state index is 0.563. The predicted molar refractivity (Wildman–Crippen MR) is 59.6 cm³/mol. The quantitative estimate of drug-likeness (QED) is 0.898. The molecule has 2 heterocycles. The normalized spacial score (nSPS) is 10.5. The number of rotatable bonds is 3. The molecular weight excluding hydrogens is 258 g/mol. The largest absolute Gasteiger partial charge is 0.330 e. The van der Waals surface area contributed by atoms with Crippen LogP contribution in [0.1, 0.15) is 5.82 Å². The van der Waals surface area contributed by atoms with Crippen molar-refractivity contribution in [3.63, 3.8) is 0 Å². The van der Waals surface area contributed by atoms with Gasteiger partial charge in [0.15, 0.2) is 0 Å². The molecule has 0 fully saturated rings. The van der Waals surface area contributed by atoms with E-state index in [0.29, 0.717) is 18.9 Å². The zero-order chi connectivity index (χ0) is 10.7. The Kier molecular flexibility index (Phi) is 3.08. The molecule has 2 aromatic rings. The van der Waals surface area contributed by atoms with Crippen molar-refractivity contribution in [2.75, 3.05) is 6.54 Å². The Hall–Kier alpha value is -1.27. The summed E-state index contributed by atoms with van der Waals surface area (Å²) in [5.74, 6) is 1.49. The zero-order valence-electron chi connectivity index (χ0n) is 7.97. The number of nitrogens with two attached hydrogens (primary N) is 1. The van der Waals surface area contributed by atoms with Crippen LogP contribution in [0, 0.1) is 0 Å². The molecule has 0 saturated carbocycles. The van der Waals surface area contributed by atoms with E-state index in [9.17, 15) is 0 Å². The van der Waals surface area contributed by atoms with Gasteiger partial charge in [0.25, 0.3) is 0 Å². The lowest BCUT2D eigenvalue weighted by atomic mass is 10.4. The van der Waals surface area contributed by atoms with Gasteiger partial charge in [-0.25, -0.2) is 15.0 Å². The number of halogens is 1. The molecule has 15 heavy (non-hydrogen) atoms. The van der Waals surface area contributed by atoms with Crippen LogP contribution >= 0.6 is 15.9 Å². The fourth-order valence-corrected chi connectivity index (χ4v) is 1.47. The number of imidazole rings is 1. The second-order valence-corrected chi connectivity index (χ2v) is 3.87. The molecule has 0 aromatic carbocycles. The summed E-state index contributed by atoms with van der Waals surface area (Å²) in [5, 5.41) is 0. The van der Waals surface area contributed by atoms with Crippen molar-refractivity contribution >= 4 is 15.9 Å². The first-order chi connectivity index (χ1) is 7.31. The molecule has 0 spiro atoms. The highest BCUT2D eigenvalue weighted by atomic mass is 79.9. The topological polar surface area (TPSA) is 69.6 Å². The second-order valence-electron chi connectivity index (χ2n) is 2.95. The molecule has 0 atom stereocenters. The summed E-state index contributed by atoms with van der Waals surface area (Å²) in [5.41, 5.74) is 5.49. The van der Waals surface area contributed by atoms with Crippen LogP contribution in [0.15, 0.2) is 29.3 Å². The van der Waals surface area contributed by atoms with Gasteiger partial charge in [0.1, 0.15) is 5.82 Å². The van der Waals surface area contributed by atoms with Crippen molar-refractivity contribution in [2.45, 2.75) is 6.42 Å². The molecule has 6 heteroatoms. The molecule has 0 aliphatic carbocycles. The lowest BCUT2D eigenvalue weighted by Gasteiger charge is -2.04. The zero-order valence-corrected chi connectivity index (χ0v) is 9.55. The van der Waals surface area contributed by atoms with Crippen LogP contribution in [0.4, 0.5) is 0 Å². The summed E-state index contributed by atoms with van der Waals surface area (Å²) in [6.07, 6.45) is 7.67. The van der Waals surface area contributed by atoms with E-state index in [0.717, 1.165) is 10.3 Å². The summed E-state index contributed by atoms with van der Waals surface area (Å²) in [6.45, 7) is 0.563. The summed E-state index contributed by atoms with van der Waals surface area (Å²) >= 11 is 3.29. The van der Waals surface area contributed by atoms with Crippen molar-refractivity contribution in [2.24, 2.45) is 5.73 Å². The van der Waals surface area contributed by atoms with E-state index in [1.807, 2.05) is 10.8 Å². The molecule has 2 aromatic heterocycles. The fraction of sp³-hybridized carbons (Fsp3) is 0.222. The van der Waals surface area contributed by atoms with E-state index in [4.69, 9.17) is 5.73 Å². The van der Waals surface area contributed by atoms with Crippen LogP contribution in [-0.2, 0) is 6.42 Å². The lowest BCUT2D eigenvalue weighted by Crippen LogP contribution is -2.10. The van der Waals surface area contributed by atoms with Crippen LogP contribution in [0.5, 0.6) is 0 Å². The first-order valence-electron chi connectivity index (χ1n) is 4.51. The molecule has 0 radical (unpaired) electrons. The molecule has 0 unspecified atom stereocenters. The smallest absolute Gasteiger partial charge is 0.235 e. The Bertz CT molecular complexity index is 436. The number of hydrogen-bond acceptors (Lipinski definition) is 4. The molecule has 0 bridgehead atoms. The molecule has 2 rings (SSSR count). The summed E-state index contributed by atoms with van der Waals surface area (Å²) in [6, 6.07) is 0. The summed E-state index contributed by atoms with van der Waals surface area (Å²) in [4.78, 5) is 12.6. The van der Waals surface area contributed by atoms with Gasteiger partial charge in [0.05, 0.1) is 4.47 Å². The van der Waals surface area contributed by atoms with Crippen molar-refractivity contribution in [1.82, 2.24) is 19.5 Å². The highest BCUT2D eigenvalue weighted by Crippen LogP contribution is 2.09. The molecular formula is C9H10BrN5. The lowest BCUT2D eigenvalue weighted by molar-refractivity contribution is 0.802. The van der Waals surface area contributed by atoms with Gasteiger partial charge in [-0.2, -0.15) is 0 Å². The van der Waals surface area contributed by atoms with E-state index in [1.54, 1.807) is 18.6 Å². The van der Waals surface area contributed by atoms with E-state index in [-0.39, 0.29) is 0 Å². The Morgan fingerprint density at radius 3 is 2.67 bits per heavy atom. The Balaban J connectivity index is 2.36. The third kappa shape index (κ3) is 2.21. The SMILES string of the molecule is NCCc1nccn1-c1ncc(Br)cn1. The maximum Gasteiger partial charge on any atom is 0.235 e. The number of aromatic nitrogens is 4. The Labute approximate surface area is 95.5 Å². The first kappa shape index (κ1) is 10.3. The van der Waals surface area contributed by atoms with Gasteiger partial charge in [-0.3, -0.25) is 4.57 Å². The minimum Gasteiger partial charge on any atom is -0.330 e. The van der Waals surface area contributed by atoms with Gasteiger partial charge in [-0.05, 0) is 22.5 Å². The molecule has 0 aliphatic heterocycles. The molecule has 2 N–H and O–H groups in total. The van der Waals surface area contributed by atoms with Crippen molar-refractivity contribution in [3.05, 3.63) is 35.1 Å². The summed E-state index contributed by atoms with van der Waals surface area (Å²) in [7, 11) is 0. The van der Waals surface area contributed by atoms with Gasteiger partial charge < -0.3 is 5.73 Å². The van der Waals surface area contributed by atoms with Crippen molar-refractivity contribution in [1.29, 1.82) is 0 Å². The van der Waals surface area contributed by atoms with E-state index in [1.165, 1.54) is 0 Å². The van der Waals surface area contributed by atoms with Crippen molar-refractivity contribution in [3.8, 4) is 5.95 Å². The maximum atomic E-state index is 5.49. The highest BCUT2D eigenvalue weighted by Gasteiger charge is 2.05. The average molecular weight is 268 g/mol. The van der Waals surface area contributed by atoms with Gasteiger partial charge in [0, 0.05) is 31.2 Å². The number of nitrogens with zero attached hydrogens (tertiary/aromatic N) is 4. The Morgan fingerprint density at radius 1 is 1.27 bits per heavy atom. The van der Waals surface area contributed by atoms with E-state index >= 15 is 0 Å². The standard InChI is InChI=1S/C9H10BrN5/c10-7-5-13-9(14-6-7)15-4-3-12-8(15)1-2-11/h3-6H,1-2,11H2. The highest BCUT2D eigenvalue weighted by molar-refractivity contribution is 9.10.